The summed E-state index contributed by atoms with van der Waals surface area (Å²) in [6.07, 6.45) is 7.65. The number of fused-ring (bicyclic) bond motifs is 1. The molecule has 1 aromatic carbocycles. The predicted molar refractivity (Wildman–Crippen MR) is 94.1 cm³/mol. The van der Waals surface area contributed by atoms with Gasteiger partial charge in [-0.05, 0) is 42.3 Å². The van der Waals surface area contributed by atoms with Crippen molar-refractivity contribution in [1.82, 2.24) is 20.4 Å². The summed E-state index contributed by atoms with van der Waals surface area (Å²) in [5, 5.41) is 10.3. The number of aromatic nitrogens is 2. The topological polar surface area (TPSA) is 72.1 Å². The van der Waals surface area contributed by atoms with Gasteiger partial charge in [0.15, 0.2) is 0 Å². The number of amides is 1. The molecule has 7 heteroatoms. The van der Waals surface area contributed by atoms with Gasteiger partial charge in [0.25, 0.3) is 5.91 Å². The molecule has 0 bridgehead atoms. The number of carbonyl (C=O) groups excluding carboxylic acids is 1. The maximum Gasteiger partial charge on any atom is 0.251 e. The Bertz CT molecular complexity index is 918. The van der Waals surface area contributed by atoms with Crippen molar-refractivity contribution in [2.24, 2.45) is 0 Å². The van der Waals surface area contributed by atoms with Crippen LogP contribution in [0.2, 0.25) is 0 Å². The van der Waals surface area contributed by atoms with Crippen LogP contribution in [-0.4, -0.2) is 28.8 Å². The van der Waals surface area contributed by atoms with E-state index >= 15 is 0 Å². The summed E-state index contributed by atoms with van der Waals surface area (Å²) in [7, 11) is 0. The molecule has 1 amide bonds. The van der Waals surface area contributed by atoms with Gasteiger partial charge in [-0.25, -0.2) is 4.39 Å². The highest BCUT2D eigenvalue weighted by molar-refractivity contribution is 5.96. The largest absolute Gasteiger partial charge is 0.472 e. The molecule has 26 heavy (non-hydrogen) atoms. The van der Waals surface area contributed by atoms with Crippen molar-refractivity contribution >= 4 is 5.91 Å². The number of carbonyl (C=O) groups is 1. The van der Waals surface area contributed by atoms with Gasteiger partial charge in [-0.1, -0.05) is 0 Å². The lowest BCUT2D eigenvalue weighted by atomic mass is 9.95. The second kappa shape index (κ2) is 7.13. The number of halogens is 1. The minimum Gasteiger partial charge on any atom is -0.472 e. The molecule has 0 atom stereocenters. The summed E-state index contributed by atoms with van der Waals surface area (Å²) >= 11 is 0. The molecule has 1 aliphatic heterocycles. The average molecular weight is 354 g/mol. The minimum atomic E-state index is -0.380. The Morgan fingerprint density at radius 3 is 3.15 bits per heavy atom. The number of furan rings is 1. The molecule has 0 spiro atoms. The first-order valence-electron chi connectivity index (χ1n) is 8.56. The van der Waals surface area contributed by atoms with E-state index in [9.17, 15) is 9.18 Å². The average Bonchev–Trinajstić information content (AvgIpc) is 3.32. The van der Waals surface area contributed by atoms with Crippen LogP contribution in [0.1, 0.15) is 21.5 Å². The van der Waals surface area contributed by atoms with Gasteiger partial charge < -0.3 is 15.1 Å². The maximum atomic E-state index is 13.8. The van der Waals surface area contributed by atoms with Gasteiger partial charge in [-0.2, -0.15) is 5.10 Å². The molecular formula is C19H19FN4O2. The summed E-state index contributed by atoms with van der Waals surface area (Å²) in [6, 6.07) is 4.69. The lowest BCUT2D eigenvalue weighted by molar-refractivity contribution is 0.0950. The number of hydrogen-bond donors (Lipinski definition) is 2. The first-order chi connectivity index (χ1) is 12.7. The zero-order valence-corrected chi connectivity index (χ0v) is 14.2. The fourth-order valence-electron chi connectivity index (χ4n) is 3.23. The second-order valence-corrected chi connectivity index (χ2v) is 6.28. The molecule has 134 valence electrons. The highest BCUT2D eigenvalue weighted by atomic mass is 19.1. The van der Waals surface area contributed by atoms with Crippen LogP contribution in [0.5, 0.6) is 0 Å². The number of rotatable bonds is 5. The van der Waals surface area contributed by atoms with Crippen LogP contribution in [0.15, 0.2) is 47.5 Å². The molecule has 0 fully saturated rings. The quantitative estimate of drug-likeness (QED) is 0.738. The summed E-state index contributed by atoms with van der Waals surface area (Å²) in [4.78, 5) is 12.5. The van der Waals surface area contributed by atoms with E-state index in [1.165, 1.54) is 12.1 Å². The zero-order chi connectivity index (χ0) is 17.9. The van der Waals surface area contributed by atoms with E-state index in [1.807, 2.05) is 12.3 Å². The summed E-state index contributed by atoms with van der Waals surface area (Å²) in [5.74, 6) is -0.626. The Labute approximate surface area is 150 Å². The van der Waals surface area contributed by atoms with Crippen LogP contribution >= 0.6 is 0 Å². The van der Waals surface area contributed by atoms with Crippen LogP contribution in [-0.2, 0) is 19.5 Å². The smallest absolute Gasteiger partial charge is 0.251 e. The van der Waals surface area contributed by atoms with E-state index in [1.54, 1.807) is 23.4 Å². The Hall–Kier alpha value is -2.93. The van der Waals surface area contributed by atoms with Crippen molar-refractivity contribution < 1.29 is 13.6 Å². The SMILES string of the molecule is O=C(NCCn1cc(-c2ccoc2)cn1)c1cc(F)cc2c1CCNC2. The van der Waals surface area contributed by atoms with Crippen molar-refractivity contribution in [1.29, 1.82) is 0 Å². The Morgan fingerprint density at radius 2 is 2.31 bits per heavy atom. The molecule has 0 saturated heterocycles. The normalized spacial score (nSPS) is 13.4. The third kappa shape index (κ3) is 3.39. The molecule has 4 rings (SSSR count). The van der Waals surface area contributed by atoms with Crippen molar-refractivity contribution in [3.8, 4) is 11.1 Å². The maximum absolute atomic E-state index is 13.8. The fraction of sp³-hybridized carbons (Fsp3) is 0.263. The Morgan fingerprint density at radius 1 is 1.38 bits per heavy atom. The lowest BCUT2D eigenvalue weighted by Gasteiger charge is -2.20. The molecule has 0 saturated carbocycles. The highest BCUT2D eigenvalue weighted by Gasteiger charge is 2.19. The lowest BCUT2D eigenvalue weighted by Crippen LogP contribution is -2.31. The number of hydrogen-bond acceptors (Lipinski definition) is 4. The van der Waals surface area contributed by atoms with Gasteiger partial charge in [0.1, 0.15) is 5.82 Å². The second-order valence-electron chi connectivity index (χ2n) is 6.28. The molecular weight excluding hydrogens is 335 g/mol. The van der Waals surface area contributed by atoms with Crippen LogP contribution in [0.3, 0.4) is 0 Å². The van der Waals surface area contributed by atoms with E-state index in [4.69, 9.17) is 4.42 Å². The summed E-state index contributed by atoms with van der Waals surface area (Å²) in [6.45, 7) is 2.33. The molecule has 3 heterocycles. The van der Waals surface area contributed by atoms with Crippen molar-refractivity contribution in [3.05, 3.63) is 65.6 Å². The van der Waals surface area contributed by atoms with Gasteiger partial charge in [-0.3, -0.25) is 9.48 Å². The van der Waals surface area contributed by atoms with E-state index in [2.05, 4.69) is 15.7 Å². The molecule has 0 radical (unpaired) electrons. The molecule has 6 nitrogen and oxygen atoms in total. The van der Waals surface area contributed by atoms with Crippen LogP contribution in [0.25, 0.3) is 11.1 Å². The third-order valence-electron chi connectivity index (χ3n) is 4.53. The van der Waals surface area contributed by atoms with Crippen molar-refractivity contribution in [2.45, 2.75) is 19.5 Å². The molecule has 2 aromatic heterocycles. The van der Waals surface area contributed by atoms with Gasteiger partial charge in [-0.15, -0.1) is 0 Å². The fourth-order valence-corrected chi connectivity index (χ4v) is 3.23. The van der Waals surface area contributed by atoms with Gasteiger partial charge >= 0.3 is 0 Å². The number of nitrogens with zero attached hydrogens (tertiary/aromatic N) is 2. The molecule has 0 aliphatic carbocycles. The predicted octanol–water partition coefficient (Wildman–Crippen LogP) is 2.36. The van der Waals surface area contributed by atoms with Gasteiger partial charge in [0.05, 0.1) is 25.3 Å². The summed E-state index contributed by atoms with van der Waals surface area (Å²) < 4.78 is 20.6. The molecule has 2 N–H and O–H groups in total. The summed E-state index contributed by atoms with van der Waals surface area (Å²) in [5.41, 5.74) is 4.14. The molecule has 3 aromatic rings. The van der Waals surface area contributed by atoms with Crippen LogP contribution in [0.4, 0.5) is 4.39 Å². The number of nitrogens with one attached hydrogen (secondary N) is 2. The zero-order valence-electron chi connectivity index (χ0n) is 14.2. The van der Waals surface area contributed by atoms with E-state index < -0.39 is 0 Å². The van der Waals surface area contributed by atoms with Crippen molar-refractivity contribution in [3.63, 3.8) is 0 Å². The van der Waals surface area contributed by atoms with Gasteiger partial charge in [0.2, 0.25) is 0 Å². The third-order valence-corrected chi connectivity index (χ3v) is 4.53. The molecule has 1 aliphatic rings. The minimum absolute atomic E-state index is 0.245. The van der Waals surface area contributed by atoms with E-state index in [0.717, 1.165) is 35.2 Å². The van der Waals surface area contributed by atoms with Crippen LogP contribution < -0.4 is 10.6 Å². The van der Waals surface area contributed by atoms with E-state index in [-0.39, 0.29) is 11.7 Å². The first-order valence-corrected chi connectivity index (χ1v) is 8.56. The van der Waals surface area contributed by atoms with Crippen LogP contribution in [0, 0.1) is 5.82 Å². The molecule has 0 unspecified atom stereocenters. The highest BCUT2D eigenvalue weighted by Crippen LogP contribution is 2.21. The standard InChI is InChI=1S/C19H19FN4O2/c20-16-7-14-9-21-3-1-17(14)18(8-16)19(25)22-4-5-24-11-15(10-23-24)13-2-6-26-12-13/h2,6-8,10-12,21H,1,3-5,9H2,(H,22,25). The van der Waals surface area contributed by atoms with E-state index in [0.29, 0.717) is 25.2 Å². The van der Waals surface area contributed by atoms with Gasteiger partial charge in [0, 0.05) is 36.0 Å². The Balaban J connectivity index is 1.40. The monoisotopic (exact) mass is 354 g/mol. The first kappa shape index (κ1) is 16.5. The Kier molecular flexibility index (Phi) is 4.53. The number of benzene rings is 1. The van der Waals surface area contributed by atoms with Crippen molar-refractivity contribution in [2.75, 3.05) is 13.1 Å².